The number of unbranched alkanes of at least 4 members (excludes halogenated alkanes) is 1. The summed E-state index contributed by atoms with van der Waals surface area (Å²) >= 11 is 0. The average Bonchev–Trinajstić information content (AvgIpc) is 3.15. The number of benzene rings is 1. The molecule has 0 heterocycles. The molecule has 0 radical (unpaired) electrons. The number of nitrogens with zero attached hydrogens (tertiary/aromatic N) is 1. The van der Waals surface area contributed by atoms with Crippen molar-refractivity contribution in [3.05, 3.63) is 23.8 Å². The number of anilines is 2. The Bertz CT molecular complexity index is 441. The van der Waals surface area contributed by atoms with E-state index in [-0.39, 0.29) is 0 Å². The smallest absolute Gasteiger partial charge is 0.250 e. The number of hydrogen-bond acceptors (Lipinski definition) is 3. The van der Waals surface area contributed by atoms with Crippen molar-refractivity contribution in [1.29, 1.82) is 0 Å². The zero-order chi connectivity index (χ0) is 13.1. The summed E-state index contributed by atoms with van der Waals surface area (Å²) in [6, 6.07) is 5.90. The van der Waals surface area contributed by atoms with Gasteiger partial charge in [-0.2, -0.15) is 0 Å². The highest BCUT2D eigenvalue weighted by atomic mass is 16.1. The van der Waals surface area contributed by atoms with Gasteiger partial charge >= 0.3 is 0 Å². The van der Waals surface area contributed by atoms with Crippen LogP contribution in [0, 0.1) is 0 Å². The molecule has 4 nitrogen and oxygen atoms in total. The molecule has 1 fully saturated rings. The van der Waals surface area contributed by atoms with Gasteiger partial charge in [0.2, 0.25) is 0 Å². The largest absolute Gasteiger partial charge is 0.397 e. The molecule has 0 saturated heterocycles. The molecule has 18 heavy (non-hydrogen) atoms. The maximum atomic E-state index is 11.5. The number of para-hydroxylation sites is 1. The molecule has 1 aromatic rings. The lowest BCUT2D eigenvalue weighted by molar-refractivity contribution is 0.100. The number of carbonyl (C=O) groups excluding carboxylic acids is 1. The molecule has 2 rings (SSSR count). The van der Waals surface area contributed by atoms with Crippen LogP contribution in [0.5, 0.6) is 0 Å². The van der Waals surface area contributed by atoms with E-state index in [1.807, 2.05) is 6.07 Å². The first kappa shape index (κ1) is 12.7. The third-order valence-corrected chi connectivity index (χ3v) is 3.36. The van der Waals surface area contributed by atoms with Crippen molar-refractivity contribution in [2.45, 2.75) is 38.6 Å². The minimum atomic E-state index is -0.403. The lowest BCUT2D eigenvalue weighted by Crippen LogP contribution is -2.30. The Labute approximate surface area is 108 Å². The second-order valence-electron chi connectivity index (χ2n) is 4.89. The van der Waals surface area contributed by atoms with Gasteiger partial charge in [0.05, 0.1) is 16.9 Å². The second kappa shape index (κ2) is 5.29. The Balaban J connectivity index is 2.36. The molecule has 1 aromatic carbocycles. The quantitative estimate of drug-likeness (QED) is 0.756. The Morgan fingerprint density at radius 1 is 1.44 bits per heavy atom. The van der Waals surface area contributed by atoms with Gasteiger partial charge in [-0.25, -0.2) is 0 Å². The molecule has 0 aromatic heterocycles. The first-order valence-electron chi connectivity index (χ1n) is 6.60. The van der Waals surface area contributed by atoms with Crippen LogP contribution in [0.4, 0.5) is 11.4 Å². The lowest BCUT2D eigenvalue weighted by Gasteiger charge is -2.27. The Kier molecular flexibility index (Phi) is 3.75. The Morgan fingerprint density at radius 2 is 2.17 bits per heavy atom. The molecule has 0 bridgehead atoms. The van der Waals surface area contributed by atoms with Crippen LogP contribution >= 0.6 is 0 Å². The highest BCUT2D eigenvalue weighted by Gasteiger charge is 2.31. The SMILES string of the molecule is CCCCN(c1c(N)cccc1C(N)=O)C1CC1. The van der Waals surface area contributed by atoms with Crippen molar-refractivity contribution < 1.29 is 4.79 Å². The predicted molar refractivity (Wildman–Crippen MR) is 74.6 cm³/mol. The summed E-state index contributed by atoms with van der Waals surface area (Å²) in [5.41, 5.74) is 13.5. The molecule has 1 aliphatic rings. The fourth-order valence-electron chi connectivity index (χ4n) is 2.27. The molecule has 98 valence electrons. The summed E-state index contributed by atoms with van der Waals surface area (Å²) in [6.45, 7) is 3.10. The Hall–Kier alpha value is -1.71. The van der Waals surface area contributed by atoms with Crippen molar-refractivity contribution in [2.75, 3.05) is 17.2 Å². The van der Waals surface area contributed by atoms with Gasteiger partial charge in [0, 0.05) is 12.6 Å². The fourth-order valence-corrected chi connectivity index (χ4v) is 2.27. The van der Waals surface area contributed by atoms with E-state index in [4.69, 9.17) is 11.5 Å². The summed E-state index contributed by atoms with van der Waals surface area (Å²) < 4.78 is 0. The number of primary amides is 1. The molecule has 0 unspecified atom stereocenters. The van der Waals surface area contributed by atoms with Crippen LogP contribution in [-0.2, 0) is 0 Å². The number of carbonyl (C=O) groups is 1. The number of hydrogen-bond donors (Lipinski definition) is 2. The Morgan fingerprint density at radius 3 is 2.72 bits per heavy atom. The van der Waals surface area contributed by atoms with E-state index in [0.717, 1.165) is 25.1 Å². The minimum absolute atomic E-state index is 0.403. The molecule has 4 N–H and O–H groups in total. The number of nitrogen functional groups attached to an aromatic ring is 1. The topological polar surface area (TPSA) is 72.3 Å². The van der Waals surface area contributed by atoms with E-state index in [0.29, 0.717) is 17.3 Å². The van der Waals surface area contributed by atoms with Crippen LogP contribution in [0.15, 0.2) is 18.2 Å². The van der Waals surface area contributed by atoms with Crippen LogP contribution in [0.1, 0.15) is 43.0 Å². The zero-order valence-corrected chi connectivity index (χ0v) is 10.9. The van der Waals surface area contributed by atoms with Crippen molar-refractivity contribution in [1.82, 2.24) is 0 Å². The molecular formula is C14H21N3O. The lowest BCUT2D eigenvalue weighted by atomic mass is 10.1. The van der Waals surface area contributed by atoms with E-state index in [1.54, 1.807) is 12.1 Å². The second-order valence-corrected chi connectivity index (χ2v) is 4.89. The standard InChI is InChI=1S/C14H21N3O/c1-2-3-9-17(10-7-8-10)13-11(14(16)18)5-4-6-12(13)15/h4-6,10H,2-3,7-9,15H2,1H3,(H2,16,18). The highest BCUT2D eigenvalue weighted by Crippen LogP contribution is 2.37. The van der Waals surface area contributed by atoms with Gasteiger partial charge in [-0.15, -0.1) is 0 Å². The van der Waals surface area contributed by atoms with Gasteiger partial charge in [0.15, 0.2) is 0 Å². The first-order valence-corrected chi connectivity index (χ1v) is 6.60. The van der Waals surface area contributed by atoms with Gasteiger partial charge in [-0.05, 0) is 31.4 Å². The van der Waals surface area contributed by atoms with Crippen molar-refractivity contribution in [3.63, 3.8) is 0 Å². The van der Waals surface area contributed by atoms with Crippen molar-refractivity contribution in [2.24, 2.45) is 5.73 Å². The highest BCUT2D eigenvalue weighted by molar-refractivity contribution is 6.01. The van der Waals surface area contributed by atoms with Crippen LogP contribution < -0.4 is 16.4 Å². The molecule has 1 saturated carbocycles. The molecular weight excluding hydrogens is 226 g/mol. The van der Waals surface area contributed by atoms with E-state index in [2.05, 4.69) is 11.8 Å². The maximum absolute atomic E-state index is 11.5. The van der Waals surface area contributed by atoms with Gasteiger partial charge < -0.3 is 16.4 Å². The molecule has 0 aliphatic heterocycles. The van der Waals surface area contributed by atoms with Crippen LogP contribution in [0.3, 0.4) is 0 Å². The van der Waals surface area contributed by atoms with Crippen LogP contribution in [-0.4, -0.2) is 18.5 Å². The first-order chi connectivity index (χ1) is 8.65. The third-order valence-electron chi connectivity index (χ3n) is 3.36. The number of amides is 1. The van der Waals surface area contributed by atoms with E-state index < -0.39 is 5.91 Å². The summed E-state index contributed by atoms with van der Waals surface area (Å²) in [5, 5.41) is 0. The fraction of sp³-hybridized carbons (Fsp3) is 0.500. The molecule has 4 heteroatoms. The van der Waals surface area contributed by atoms with Gasteiger partial charge in [0.25, 0.3) is 5.91 Å². The van der Waals surface area contributed by atoms with E-state index in [9.17, 15) is 4.79 Å². The number of rotatable bonds is 6. The van der Waals surface area contributed by atoms with Gasteiger partial charge in [0.1, 0.15) is 0 Å². The summed E-state index contributed by atoms with van der Waals surface area (Å²) in [7, 11) is 0. The van der Waals surface area contributed by atoms with Crippen molar-refractivity contribution >= 4 is 17.3 Å². The normalized spacial score (nSPS) is 14.5. The van der Waals surface area contributed by atoms with Crippen LogP contribution in [0.25, 0.3) is 0 Å². The maximum Gasteiger partial charge on any atom is 0.250 e. The molecule has 1 amide bonds. The summed E-state index contributed by atoms with van der Waals surface area (Å²) in [6.07, 6.45) is 4.58. The molecule has 0 atom stereocenters. The summed E-state index contributed by atoms with van der Waals surface area (Å²) in [5.74, 6) is -0.403. The molecule has 0 spiro atoms. The third kappa shape index (κ3) is 2.58. The average molecular weight is 247 g/mol. The van der Waals surface area contributed by atoms with Gasteiger partial charge in [-0.1, -0.05) is 19.4 Å². The number of nitrogens with two attached hydrogens (primary N) is 2. The van der Waals surface area contributed by atoms with E-state index in [1.165, 1.54) is 12.8 Å². The summed E-state index contributed by atoms with van der Waals surface area (Å²) in [4.78, 5) is 13.8. The van der Waals surface area contributed by atoms with Crippen molar-refractivity contribution in [3.8, 4) is 0 Å². The monoisotopic (exact) mass is 247 g/mol. The van der Waals surface area contributed by atoms with E-state index >= 15 is 0 Å². The zero-order valence-electron chi connectivity index (χ0n) is 10.9. The van der Waals surface area contributed by atoms with Gasteiger partial charge in [-0.3, -0.25) is 4.79 Å². The van der Waals surface area contributed by atoms with Crippen LogP contribution in [0.2, 0.25) is 0 Å². The minimum Gasteiger partial charge on any atom is -0.397 e. The predicted octanol–water partition coefficient (Wildman–Crippen LogP) is 2.14. The molecule has 1 aliphatic carbocycles.